The molecule has 2 nitrogen and oxygen atoms in total. The molecule has 1 aliphatic rings. The molecule has 86 valence electrons. The Morgan fingerprint density at radius 2 is 2.31 bits per heavy atom. The Labute approximate surface area is 108 Å². The Hall–Kier alpha value is -0.540. The first kappa shape index (κ1) is 11.9. The highest BCUT2D eigenvalue weighted by Crippen LogP contribution is 2.29. The van der Waals surface area contributed by atoms with E-state index in [0.717, 1.165) is 22.3 Å². The predicted octanol–water partition coefficient (Wildman–Crippen LogP) is 3.31. The van der Waals surface area contributed by atoms with Crippen molar-refractivity contribution in [3.8, 4) is 0 Å². The van der Waals surface area contributed by atoms with Crippen LogP contribution in [0.3, 0.4) is 0 Å². The van der Waals surface area contributed by atoms with Gasteiger partial charge < -0.3 is 5.32 Å². The third-order valence-electron chi connectivity index (χ3n) is 2.94. The summed E-state index contributed by atoms with van der Waals surface area (Å²) in [6, 6.07) is 5.76. The summed E-state index contributed by atoms with van der Waals surface area (Å²) in [4.78, 5) is 11.2. The highest BCUT2D eigenvalue weighted by Gasteiger charge is 2.33. The van der Waals surface area contributed by atoms with Crippen LogP contribution >= 0.6 is 27.5 Å². The number of amides is 1. The van der Waals surface area contributed by atoms with Gasteiger partial charge in [0.25, 0.3) is 0 Å². The maximum absolute atomic E-state index is 11.2. The number of halogens is 2. The molecular formula is C12H13BrClNO. The summed E-state index contributed by atoms with van der Waals surface area (Å²) >= 11 is 9.39. The van der Waals surface area contributed by atoms with Crippen molar-refractivity contribution in [3.05, 3.63) is 33.3 Å². The molecule has 1 aromatic carbocycles. The van der Waals surface area contributed by atoms with Crippen LogP contribution in [0.25, 0.3) is 0 Å². The van der Waals surface area contributed by atoms with Crippen molar-refractivity contribution in [2.75, 3.05) is 0 Å². The fourth-order valence-electron chi connectivity index (χ4n) is 2.07. The van der Waals surface area contributed by atoms with E-state index in [1.807, 2.05) is 18.2 Å². The molecule has 0 bridgehead atoms. The van der Waals surface area contributed by atoms with Crippen molar-refractivity contribution in [1.82, 2.24) is 5.32 Å². The molecule has 2 rings (SSSR count). The number of carbonyl (C=O) groups excluding carboxylic acids is 1. The van der Waals surface area contributed by atoms with Crippen LogP contribution in [-0.2, 0) is 11.2 Å². The lowest BCUT2D eigenvalue weighted by Crippen LogP contribution is -2.40. The molecule has 1 fully saturated rings. The van der Waals surface area contributed by atoms with E-state index >= 15 is 0 Å². The third kappa shape index (κ3) is 2.58. The van der Waals surface area contributed by atoms with Gasteiger partial charge in [-0.2, -0.15) is 0 Å². The molecule has 1 amide bonds. The van der Waals surface area contributed by atoms with Crippen LogP contribution in [0, 0.1) is 0 Å². The van der Waals surface area contributed by atoms with Gasteiger partial charge in [-0.05, 0) is 37.5 Å². The average Bonchev–Trinajstić information content (AvgIpc) is 2.52. The Bertz CT molecular complexity index is 435. The second kappa shape index (κ2) is 4.38. The van der Waals surface area contributed by atoms with E-state index < -0.39 is 0 Å². The van der Waals surface area contributed by atoms with E-state index in [4.69, 9.17) is 11.6 Å². The molecular weight excluding hydrogens is 289 g/mol. The third-order valence-corrected chi connectivity index (χ3v) is 3.91. The number of rotatable bonds is 2. The van der Waals surface area contributed by atoms with Crippen LogP contribution in [0.1, 0.15) is 25.3 Å². The largest absolute Gasteiger partial charge is 0.351 e. The van der Waals surface area contributed by atoms with E-state index in [2.05, 4.69) is 28.2 Å². The van der Waals surface area contributed by atoms with Gasteiger partial charge in [-0.15, -0.1) is 0 Å². The summed E-state index contributed by atoms with van der Waals surface area (Å²) in [5.41, 5.74) is 1.06. The van der Waals surface area contributed by atoms with Gasteiger partial charge >= 0.3 is 0 Å². The molecule has 1 heterocycles. The van der Waals surface area contributed by atoms with Gasteiger partial charge in [-0.25, -0.2) is 0 Å². The monoisotopic (exact) mass is 301 g/mol. The molecule has 0 radical (unpaired) electrons. The summed E-state index contributed by atoms with van der Waals surface area (Å²) < 4.78 is 1.00. The molecule has 1 saturated heterocycles. The fourth-order valence-corrected chi connectivity index (χ4v) is 2.89. The lowest BCUT2D eigenvalue weighted by atomic mass is 9.91. The van der Waals surface area contributed by atoms with E-state index in [1.165, 1.54) is 5.56 Å². The maximum atomic E-state index is 11.2. The second-order valence-electron chi connectivity index (χ2n) is 4.52. The summed E-state index contributed by atoms with van der Waals surface area (Å²) in [7, 11) is 0. The minimum Gasteiger partial charge on any atom is -0.351 e. The van der Waals surface area contributed by atoms with Crippen molar-refractivity contribution >= 4 is 33.4 Å². The highest BCUT2D eigenvalue weighted by atomic mass is 79.9. The van der Waals surface area contributed by atoms with Gasteiger partial charge in [0.05, 0.1) is 0 Å². The van der Waals surface area contributed by atoms with E-state index in [0.29, 0.717) is 6.42 Å². The lowest BCUT2D eigenvalue weighted by Gasteiger charge is -2.24. The van der Waals surface area contributed by atoms with Crippen molar-refractivity contribution in [2.45, 2.75) is 31.7 Å². The highest BCUT2D eigenvalue weighted by molar-refractivity contribution is 9.10. The molecule has 16 heavy (non-hydrogen) atoms. The minimum absolute atomic E-state index is 0.118. The quantitative estimate of drug-likeness (QED) is 0.892. The van der Waals surface area contributed by atoms with Crippen LogP contribution in [0.5, 0.6) is 0 Å². The Morgan fingerprint density at radius 3 is 2.88 bits per heavy atom. The van der Waals surface area contributed by atoms with Gasteiger partial charge in [0.2, 0.25) is 5.91 Å². The zero-order valence-electron chi connectivity index (χ0n) is 9.02. The standard InChI is InChI=1S/C12H13BrClNO/c1-12(5-4-11(16)15-12)7-8-2-3-9(14)6-10(8)13/h2-3,6H,4-5,7H2,1H3,(H,15,16). The zero-order chi connectivity index (χ0) is 11.8. The van der Waals surface area contributed by atoms with Gasteiger partial charge in [-0.1, -0.05) is 33.6 Å². The first-order valence-corrected chi connectivity index (χ1v) is 6.41. The van der Waals surface area contributed by atoms with Gasteiger partial charge in [-0.3, -0.25) is 4.79 Å². The first-order valence-electron chi connectivity index (χ1n) is 5.23. The summed E-state index contributed by atoms with van der Waals surface area (Å²) in [6.07, 6.45) is 2.35. The van der Waals surface area contributed by atoms with Crippen molar-refractivity contribution in [2.24, 2.45) is 0 Å². The van der Waals surface area contributed by atoms with Crippen LogP contribution in [0.2, 0.25) is 5.02 Å². The fraction of sp³-hybridized carbons (Fsp3) is 0.417. The Kier molecular flexibility index (Phi) is 3.27. The zero-order valence-corrected chi connectivity index (χ0v) is 11.4. The molecule has 0 spiro atoms. The van der Waals surface area contributed by atoms with Crippen molar-refractivity contribution < 1.29 is 4.79 Å². The number of hydrogen-bond acceptors (Lipinski definition) is 1. The molecule has 1 aliphatic heterocycles. The van der Waals surface area contributed by atoms with E-state index in [1.54, 1.807) is 0 Å². The second-order valence-corrected chi connectivity index (χ2v) is 5.81. The van der Waals surface area contributed by atoms with Crippen LogP contribution in [0.15, 0.2) is 22.7 Å². The van der Waals surface area contributed by atoms with E-state index in [-0.39, 0.29) is 11.4 Å². The Balaban J connectivity index is 2.17. The molecule has 1 aromatic rings. The Morgan fingerprint density at radius 1 is 1.56 bits per heavy atom. The van der Waals surface area contributed by atoms with Crippen LogP contribution in [-0.4, -0.2) is 11.4 Å². The molecule has 4 heteroatoms. The molecule has 1 atom stereocenters. The normalized spacial score (nSPS) is 24.6. The minimum atomic E-state index is -0.118. The van der Waals surface area contributed by atoms with Crippen LogP contribution in [0.4, 0.5) is 0 Å². The lowest BCUT2D eigenvalue weighted by molar-refractivity contribution is -0.119. The molecule has 0 aliphatic carbocycles. The number of carbonyl (C=O) groups is 1. The summed E-state index contributed by atoms with van der Waals surface area (Å²) in [6.45, 7) is 2.08. The average molecular weight is 303 g/mol. The van der Waals surface area contributed by atoms with Gasteiger partial charge in [0.1, 0.15) is 0 Å². The van der Waals surface area contributed by atoms with E-state index in [9.17, 15) is 4.79 Å². The molecule has 1 N–H and O–H groups in total. The van der Waals surface area contributed by atoms with Gasteiger partial charge in [0, 0.05) is 21.5 Å². The number of benzene rings is 1. The van der Waals surface area contributed by atoms with Crippen molar-refractivity contribution in [1.29, 1.82) is 0 Å². The topological polar surface area (TPSA) is 29.1 Å². The van der Waals surface area contributed by atoms with Crippen LogP contribution < -0.4 is 5.32 Å². The number of hydrogen-bond donors (Lipinski definition) is 1. The SMILES string of the molecule is CC1(Cc2ccc(Cl)cc2Br)CCC(=O)N1. The molecule has 1 unspecified atom stereocenters. The first-order chi connectivity index (χ1) is 7.48. The summed E-state index contributed by atoms with van der Waals surface area (Å²) in [5.74, 6) is 0.146. The molecule has 0 saturated carbocycles. The molecule has 0 aromatic heterocycles. The maximum Gasteiger partial charge on any atom is 0.220 e. The predicted molar refractivity (Wildman–Crippen MR) is 68.6 cm³/mol. The smallest absolute Gasteiger partial charge is 0.220 e. The number of nitrogens with one attached hydrogen (secondary N) is 1. The summed E-state index contributed by atoms with van der Waals surface area (Å²) in [5, 5.41) is 3.75. The van der Waals surface area contributed by atoms with Crippen molar-refractivity contribution in [3.63, 3.8) is 0 Å². The van der Waals surface area contributed by atoms with Gasteiger partial charge in [0.15, 0.2) is 0 Å².